The van der Waals surface area contributed by atoms with Crippen molar-refractivity contribution in [3.8, 4) is 0 Å². The van der Waals surface area contributed by atoms with Gasteiger partial charge in [0.1, 0.15) is 0 Å². The van der Waals surface area contributed by atoms with E-state index in [0.29, 0.717) is 37.1 Å². The molecule has 0 bridgehead atoms. The highest BCUT2D eigenvalue weighted by Gasteiger charge is 2.67. The average molecular weight is 358 g/mol. The molecule has 0 aromatic rings. The van der Waals surface area contributed by atoms with Crippen molar-refractivity contribution >= 4 is 18.0 Å². The highest BCUT2D eigenvalue weighted by atomic mass is 16.5. The number of carbonyl (C=O) groups excluding carboxylic acids is 3. The Kier molecular flexibility index (Phi) is 3.98. The van der Waals surface area contributed by atoms with Gasteiger partial charge in [0, 0.05) is 11.8 Å². The fourth-order valence-electron chi connectivity index (χ4n) is 7.49. The van der Waals surface area contributed by atoms with Crippen LogP contribution in [0, 0.1) is 28.6 Å². The highest BCUT2D eigenvalue weighted by Crippen LogP contribution is 2.68. The predicted molar refractivity (Wildman–Crippen MR) is 97.3 cm³/mol. The molecule has 0 aromatic heterocycles. The van der Waals surface area contributed by atoms with Gasteiger partial charge in [-0.25, -0.2) is 0 Å². The lowest BCUT2D eigenvalue weighted by Crippen LogP contribution is -2.58. The molecule has 3 fully saturated rings. The molecule has 26 heavy (non-hydrogen) atoms. The van der Waals surface area contributed by atoms with Crippen molar-refractivity contribution in [1.82, 2.24) is 0 Å². The molecule has 3 saturated carbocycles. The lowest BCUT2D eigenvalue weighted by Gasteiger charge is -2.59. The Labute approximate surface area is 155 Å². The molecule has 6 atom stereocenters. The van der Waals surface area contributed by atoms with E-state index >= 15 is 0 Å². The first-order valence-electron chi connectivity index (χ1n) is 10.1. The summed E-state index contributed by atoms with van der Waals surface area (Å²) < 4.78 is 5.56. The number of hydrogen-bond acceptors (Lipinski definition) is 4. The second-order valence-electron chi connectivity index (χ2n) is 9.56. The summed E-state index contributed by atoms with van der Waals surface area (Å²) >= 11 is 0. The van der Waals surface area contributed by atoms with E-state index < -0.39 is 5.60 Å². The van der Waals surface area contributed by atoms with Crippen molar-refractivity contribution in [2.45, 2.75) is 77.7 Å². The molecule has 0 aromatic carbocycles. The maximum Gasteiger partial charge on any atom is 0.294 e. The molecular formula is C22H30O4. The highest BCUT2D eigenvalue weighted by molar-refractivity contribution is 5.91. The molecule has 0 radical (unpaired) electrons. The van der Waals surface area contributed by atoms with Crippen molar-refractivity contribution < 1.29 is 19.1 Å². The number of carbonyl (C=O) groups is 3. The van der Waals surface area contributed by atoms with Crippen LogP contribution >= 0.6 is 0 Å². The number of Topliss-reactive ketones (excluding diaryl/α,β-unsaturated/α-hetero) is 1. The van der Waals surface area contributed by atoms with Crippen LogP contribution < -0.4 is 0 Å². The van der Waals surface area contributed by atoms with Crippen LogP contribution in [-0.2, 0) is 19.1 Å². The van der Waals surface area contributed by atoms with E-state index in [1.807, 2.05) is 6.08 Å². The summed E-state index contributed by atoms with van der Waals surface area (Å²) in [6, 6.07) is 0. The third kappa shape index (κ3) is 2.10. The summed E-state index contributed by atoms with van der Waals surface area (Å²) in [7, 11) is 0. The average Bonchev–Trinajstić information content (AvgIpc) is 2.90. The van der Waals surface area contributed by atoms with Gasteiger partial charge in [-0.2, -0.15) is 0 Å². The molecule has 0 saturated heterocycles. The Morgan fingerprint density at radius 1 is 1.12 bits per heavy atom. The van der Waals surface area contributed by atoms with Gasteiger partial charge in [-0.05, 0) is 81.1 Å². The standard InChI is InChI=1S/C22H30O4/c1-14(24)22(26-13-23)11-8-19-17-5-4-15-12-16(25)6-9-20(15,2)18(17)7-10-21(19,22)3/h12-13,17-19H,4-11H2,1-3H3/t17-,18+,19+,20+,21+,22+/m1/s1. The number of ether oxygens (including phenoxy) is 1. The van der Waals surface area contributed by atoms with E-state index in [9.17, 15) is 14.4 Å². The summed E-state index contributed by atoms with van der Waals surface area (Å²) in [6.07, 6.45) is 9.23. The quantitative estimate of drug-likeness (QED) is 0.715. The summed E-state index contributed by atoms with van der Waals surface area (Å²) in [5.41, 5.74) is 0.288. The summed E-state index contributed by atoms with van der Waals surface area (Å²) in [4.78, 5) is 35.7. The van der Waals surface area contributed by atoms with Crippen LogP contribution in [0.5, 0.6) is 0 Å². The third-order valence-electron chi connectivity index (χ3n) is 8.90. The van der Waals surface area contributed by atoms with Crippen LogP contribution in [0.4, 0.5) is 0 Å². The predicted octanol–water partition coefficient (Wildman–Crippen LogP) is 4.02. The molecule has 4 nitrogen and oxygen atoms in total. The van der Waals surface area contributed by atoms with Crippen LogP contribution in [0.2, 0.25) is 0 Å². The maximum atomic E-state index is 12.6. The zero-order valence-electron chi connectivity index (χ0n) is 16.2. The van der Waals surface area contributed by atoms with E-state index in [4.69, 9.17) is 4.74 Å². The number of hydrogen-bond donors (Lipinski definition) is 0. The zero-order valence-corrected chi connectivity index (χ0v) is 16.2. The van der Waals surface area contributed by atoms with Crippen molar-refractivity contribution in [1.29, 1.82) is 0 Å². The second-order valence-corrected chi connectivity index (χ2v) is 9.56. The van der Waals surface area contributed by atoms with Gasteiger partial charge in [0.2, 0.25) is 0 Å². The summed E-state index contributed by atoms with van der Waals surface area (Å²) in [6.45, 7) is 6.61. The number of rotatable bonds is 3. The fourth-order valence-corrected chi connectivity index (χ4v) is 7.49. The monoisotopic (exact) mass is 358 g/mol. The lowest BCUT2D eigenvalue weighted by atomic mass is 9.46. The first-order chi connectivity index (χ1) is 12.3. The van der Waals surface area contributed by atoms with Crippen LogP contribution in [0.3, 0.4) is 0 Å². The maximum absolute atomic E-state index is 12.6. The molecule has 142 valence electrons. The van der Waals surface area contributed by atoms with Crippen molar-refractivity contribution in [3.05, 3.63) is 11.6 Å². The Bertz CT molecular complexity index is 694. The van der Waals surface area contributed by atoms with Gasteiger partial charge >= 0.3 is 0 Å². The largest absolute Gasteiger partial charge is 0.453 e. The van der Waals surface area contributed by atoms with Crippen molar-refractivity contribution in [2.24, 2.45) is 28.6 Å². The summed E-state index contributed by atoms with van der Waals surface area (Å²) in [5.74, 6) is 1.83. The van der Waals surface area contributed by atoms with E-state index in [1.54, 1.807) is 6.92 Å². The van der Waals surface area contributed by atoms with E-state index in [-0.39, 0.29) is 22.4 Å². The summed E-state index contributed by atoms with van der Waals surface area (Å²) in [5, 5.41) is 0. The van der Waals surface area contributed by atoms with Gasteiger partial charge in [-0.15, -0.1) is 0 Å². The first-order valence-corrected chi connectivity index (χ1v) is 10.1. The Hall–Kier alpha value is -1.45. The van der Waals surface area contributed by atoms with Crippen LogP contribution in [0.25, 0.3) is 0 Å². The SMILES string of the molecule is CC(=O)[C@@]1(OC=O)CC[C@H]2[C@@H]3CCC4=CC(=O)CC[C@]4(C)[C@H]3CC[C@@]21C. The number of allylic oxidation sites excluding steroid dienone is 1. The molecule has 0 aliphatic heterocycles. The number of ketones is 2. The second kappa shape index (κ2) is 5.77. The number of fused-ring (bicyclic) bond motifs is 5. The molecule has 0 unspecified atom stereocenters. The molecule has 0 amide bonds. The van der Waals surface area contributed by atoms with Gasteiger partial charge < -0.3 is 4.74 Å². The van der Waals surface area contributed by atoms with Crippen molar-refractivity contribution in [3.63, 3.8) is 0 Å². The van der Waals surface area contributed by atoms with Gasteiger partial charge in [0.05, 0.1) is 0 Å². The van der Waals surface area contributed by atoms with Gasteiger partial charge in [-0.1, -0.05) is 19.4 Å². The molecule has 4 aliphatic rings. The topological polar surface area (TPSA) is 60.4 Å². The Balaban J connectivity index is 1.70. The minimum atomic E-state index is -0.941. The van der Waals surface area contributed by atoms with Gasteiger partial charge in [-0.3, -0.25) is 14.4 Å². The normalized spacial score (nSPS) is 47.3. The van der Waals surface area contributed by atoms with Crippen LogP contribution in [0.15, 0.2) is 11.6 Å². The van der Waals surface area contributed by atoms with Crippen LogP contribution in [0.1, 0.15) is 72.1 Å². The fraction of sp³-hybridized carbons (Fsp3) is 0.773. The minimum absolute atomic E-state index is 0.00100. The van der Waals surface area contributed by atoms with Gasteiger partial charge in [0.15, 0.2) is 17.2 Å². The van der Waals surface area contributed by atoms with E-state index in [1.165, 1.54) is 5.57 Å². The molecule has 0 N–H and O–H groups in total. The molecule has 0 heterocycles. The zero-order chi connectivity index (χ0) is 18.7. The van der Waals surface area contributed by atoms with Crippen molar-refractivity contribution in [2.75, 3.05) is 0 Å². The molecule has 0 spiro atoms. The van der Waals surface area contributed by atoms with Gasteiger partial charge in [0.25, 0.3) is 6.47 Å². The smallest absolute Gasteiger partial charge is 0.294 e. The minimum Gasteiger partial charge on any atom is -0.453 e. The molecule has 4 rings (SSSR count). The first kappa shape index (κ1) is 17.9. The Morgan fingerprint density at radius 2 is 1.85 bits per heavy atom. The van der Waals surface area contributed by atoms with E-state index in [0.717, 1.165) is 38.5 Å². The van der Waals surface area contributed by atoms with E-state index in [2.05, 4.69) is 13.8 Å². The molecule has 4 heteroatoms. The Morgan fingerprint density at radius 3 is 2.54 bits per heavy atom. The third-order valence-corrected chi connectivity index (χ3v) is 8.90. The lowest BCUT2D eigenvalue weighted by molar-refractivity contribution is -0.179. The molecular weight excluding hydrogens is 328 g/mol. The molecule has 4 aliphatic carbocycles. The van der Waals surface area contributed by atoms with Crippen LogP contribution in [-0.4, -0.2) is 23.6 Å².